The molecular formula is C23H25N10O12P2+. The zero-order valence-electron chi connectivity index (χ0n) is 23.7. The first kappa shape index (κ1) is 31.2. The molecule has 0 bridgehead atoms. The van der Waals surface area contributed by atoms with Crippen LogP contribution in [0.2, 0.25) is 0 Å². The summed E-state index contributed by atoms with van der Waals surface area (Å²) in [6.07, 6.45) is 2.07. The van der Waals surface area contributed by atoms with Gasteiger partial charge < -0.3 is 40.6 Å². The highest BCUT2D eigenvalue weighted by Crippen LogP contribution is 2.65. The number of hydrogen-bond acceptors (Lipinski definition) is 17. The van der Waals surface area contributed by atoms with E-state index in [2.05, 4.69) is 29.9 Å². The van der Waals surface area contributed by atoms with E-state index >= 15 is 0 Å². The Morgan fingerprint density at radius 1 is 1.19 bits per heavy atom. The average Bonchev–Trinajstić information content (AvgIpc) is 3.47. The Balaban J connectivity index is 1.14. The number of nitrogens with zero attached hydrogens (tertiary/aromatic N) is 7. The Bertz CT molecular complexity index is 2150. The maximum absolute atomic E-state index is 13.2. The van der Waals surface area contributed by atoms with E-state index in [4.69, 9.17) is 29.8 Å². The molecule has 6 atom stereocenters. The van der Waals surface area contributed by atoms with Gasteiger partial charge in [-0.25, -0.2) is 24.5 Å². The Labute approximate surface area is 261 Å². The van der Waals surface area contributed by atoms with Crippen molar-refractivity contribution in [1.82, 2.24) is 39.0 Å². The van der Waals surface area contributed by atoms with Gasteiger partial charge in [0.2, 0.25) is 5.95 Å². The van der Waals surface area contributed by atoms with E-state index in [1.165, 1.54) is 21.8 Å². The second-order valence-electron chi connectivity index (χ2n) is 10.9. The highest BCUT2D eigenvalue weighted by molar-refractivity contribution is 7.47. The van der Waals surface area contributed by atoms with Crippen molar-refractivity contribution >= 4 is 55.9 Å². The van der Waals surface area contributed by atoms with E-state index in [0.29, 0.717) is 0 Å². The number of imidazole rings is 2. The van der Waals surface area contributed by atoms with Crippen molar-refractivity contribution in [2.75, 3.05) is 31.3 Å². The number of aromatic nitrogens is 8. The number of aromatic amines is 1. The van der Waals surface area contributed by atoms with Crippen LogP contribution >= 0.6 is 16.1 Å². The van der Waals surface area contributed by atoms with Gasteiger partial charge in [-0.15, -0.1) is 9.42 Å². The van der Waals surface area contributed by atoms with Gasteiger partial charge in [-0.05, 0) is 0 Å². The quantitative estimate of drug-likeness (QED) is 0.0882. The predicted molar refractivity (Wildman–Crippen MR) is 156 cm³/mol. The van der Waals surface area contributed by atoms with Gasteiger partial charge in [-0.1, -0.05) is 0 Å². The molecule has 4 aromatic rings. The van der Waals surface area contributed by atoms with E-state index in [-0.39, 0.29) is 51.8 Å². The third-order valence-electron chi connectivity index (χ3n) is 8.29. The van der Waals surface area contributed by atoms with E-state index in [9.17, 15) is 39.0 Å². The lowest BCUT2D eigenvalue weighted by Gasteiger charge is -2.29. The minimum absolute atomic E-state index is 0.00367. The van der Waals surface area contributed by atoms with Crippen LogP contribution in [0, 0.1) is 0 Å². The molecule has 47 heavy (non-hydrogen) atoms. The average molecular weight is 695 g/mol. The zero-order valence-corrected chi connectivity index (χ0v) is 25.5. The van der Waals surface area contributed by atoms with E-state index in [1.807, 2.05) is 0 Å². The van der Waals surface area contributed by atoms with Crippen molar-refractivity contribution in [2.24, 2.45) is 0 Å². The number of phosphoric ester groups is 1. The third-order valence-corrected chi connectivity index (χ3v) is 9.72. The molecule has 2 fully saturated rings. The fourth-order valence-electron chi connectivity index (χ4n) is 6.09. The second kappa shape index (κ2) is 10.8. The Kier molecular flexibility index (Phi) is 7.20. The lowest BCUT2D eigenvalue weighted by atomic mass is 9.92. The molecule has 0 radical (unpaired) electrons. The maximum Gasteiger partial charge on any atom is 0.695 e. The molecule has 248 valence electrons. The lowest BCUT2D eigenvalue weighted by molar-refractivity contribution is -0.0849. The van der Waals surface area contributed by atoms with Gasteiger partial charge in [-0.2, -0.15) is 4.98 Å². The molecule has 10 N–H and O–H groups in total. The molecule has 7 rings (SSSR count). The van der Waals surface area contributed by atoms with Crippen LogP contribution in [0.4, 0.5) is 11.8 Å². The first-order valence-corrected chi connectivity index (χ1v) is 16.2. The molecule has 0 spiro atoms. The van der Waals surface area contributed by atoms with Crippen LogP contribution in [-0.2, 0) is 27.4 Å². The van der Waals surface area contributed by atoms with E-state index in [0.717, 1.165) is 6.33 Å². The Morgan fingerprint density at radius 3 is 2.70 bits per heavy atom. The molecule has 24 heteroatoms. The summed E-state index contributed by atoms with van der Waals surface area (Å²) in [5.74, 6) is -1.42. The highest BCUT2D eigenvalue weighted by atomic mass is 31.2. The summed E-state index contributed by atoms with van der Waals surface area (Å²) in [6.45, 7) is -1.74. The summed E-state index contributed by atoms with van der Waals surface area (Å²) in [4.78, 5) is 55.1. The summed E-state index contributed by atoms with van der Waals surface area (Å²) in [6, 6.07) is -0.909. The molecule has 1 saturated carbocycles. The number of nitrogens with two attached hydrogens (primary N) is 2. The number of phosphoric acid groups is 1. The molecule has 2 aliphatic carbocycles. The first-order valence-electron chi connectivity index (χ1n) is 13.6. The normalized spacial score (nSPS) is 27.1. The summed E-state index contributed by atoms with van der Waals surface area (Å²) < 4.78 is 49.2. The smallest absolute Gasteiger partial charge is 0.504 e. The van der Waals surface area contributed by atoms with Gasteiger partial charge in [0.05, 0.1) is 31.8 Å². The summed E-state index contributed by atoms with van der Waals surface area (Å²) in [5, 5.41) is 32.2. The number of aliphatic hydroxyl groups is 3. The minimum atomic E-state index is -5.13. The first-order chi connectivity index (χ1) is 22.3. The van der Waals surface area contributed by atoms with Gasteiger partial charge >= 0.3 is 16.1 Å². The van der Waals surface area contributed by atoms with Crippen LogP contribution in [0.5, 0.6) is 0 Å². The van der Waals surface area contributed by atoms with Crippen molar-refractivity contribution in [1.29, 1.82) is 0 Å². The molecule has 0 aromatic carbocycles. The Hall–Kier alpha value is -4.37. The predicted octanol–water partition coefficient (Wildman–Crippen LogP) is -0.886. The molecule has 6 unspecified atom stereocenters. The Morgan fingerprint density at radius 2 is 1.96 bits per heavy atom. The third kappa shape index (κ3) is 4.81. The van der Waals surface area contributed by atoms with Crippen LogP contribution in [0.3, 0.4) is 0 Å². The van der Waals surface area contributed by atoms with Gasteiger partial charge in [0.15, 0.2) is 45.3 Å². The number of nitrogens with one attached hydrogen (secondary N) is 1. The number of fused-ring (bicyclic) bond motifs is 3. The molecule has 5 heterocycles. The number of ether oxygens (including phenoxy) is 1. The standard InChI is InChI=1S/C23H24N10O12P2/c24-17-11-18(27-6-26-17)33(8-28-11)15-16-23(15,37)22(5-42-16,45-46(38)39)1-2-43-47(40,41)44-14-10(3-9(4-34)13(14)35)32-7-29-12-19(32)30-21(25)31-20(12)36/h6-8,15-16,34,37H,1-5H2,(H7-,24,25,26,27,30,31,35,36,38,39,40,41)/p+1. The van der Waals surface area contributed by atoms with Gasteiger partial charge in [0, 0.05) is 23.0 Å². The maximum atomic E-state index is 13.2. The largest absolute Gasteiger partial charge is 0.695 e. The van der Waals surface area contributed by atoms with E-state index in [1.54, 1.807) is 0 Å². The number of rotatable bonds is 11. The summed E-state index contributed by atoms with van der Waals surface area (Å²) in [7, 11) is -8.45. The van der Waals surface area contributed by atoms with E-state index < -0.39 is 82.7 Å². The topological polar surface area (TPSA) is 331 Å². The highest BCUT2D eigenvalue weighted by Gasteiger charge is 2.84. The summed E-state index contributed by atoms with van der Waals surface area (Å²) >= 11 is 0. The fourth-order valence-corrected chi connectivity index (χ4v) is 7.47. The van der Waals surface area contributed by atoms with Crippen LogP contribution in [-0.4, -0.2) is 101 Å². The number of anilines is 2. The molecule has 4 aromatic heterocycles. The molecule has 0 amide bonds. The number of hydrogen-bond donors (Lipinski definition) is 8. The van der Waals surface area contributed by atoms with Crippen molar-refractivity contribution in [2.45, 2.75) is 36.2 Å². The number of nitrogen functional groups attached to an aromatic ring is 2. The molecular weight excluding hydrogens is 670 g/mol. The molecule has 1 aliphatic heterocycles. The monoisotopic (exact) mass is 695 g/mol. The van der Waals surface area contributed by atoms with Crippen LogP contribution in [0.15, 0.2) is 40.9 Å². The van der Waals surface area contributed by atoms with Crippen LogP contribution < -0.4 is 17.0 Å². The summed E-state index contributed by atoms with van der Waals surface area (Å²) in [5.41, 5.74) is 7.28. The minimum Gasteiger partial charge on any atom is -0.504 e. The van der Waals surface area contributed by atoms with Crippen molar-refractivity contribution in [3.63, 3.8) is 0 Å². The van der Waals surface area contributed by atoms with Gasteiger partial charge in [-0.3, -0.25) is 23.8 Å². The van der Waals surface area contributed by atoms with Crippen LogP contribution in [0.1, 0.15) is 18.9 Å². The van der Waals surface area contributed by atoms with Crippen LogP contribution in [0.25, 0.3) is 28.0 Å². The second-order valence-corrected chi connectivity index (χ2v) is 12.9. The van der Waals surface area contributed by atoms with Crippen molar-refractivity contribution < 1.29 is 52.5 Å². The molecule has 22 nitrogen and oxygen atoms in total. The van der Waals surface area contributed by atoms with Crippen molar-refractivity contribution in [3.05, 3.63) is 46.4 Å². The van der Waals surface area contributed by atoms with Crippen molar-refractivity contribution in [3.8, 4) is 0 Å². The number of allylic oxidation sites excluding steroid dienone is 1. The van der Waals surface area contributed by atoms with Gasteiger partial charge in [0.25, 0.3) is 5.56 Å². The molecule has 1 saturated heterocycles. The van der Waals surface area contributed by atoms with Gasteiger partial charge in [0.1, 0.15) is 30.3 Å². The fraction of sp³-hybridized carbons (Fsp3) is 0.391. The number of H-pyrrole nitrogens is 1. The lowest BCUT2D eigenvalue weighted by Crippen LogP contribution is -2.49. The molecule has 3 aliphatic rings. The number of aliphatic hydroxyl groups excluding tert-OH is 2. The zero-order chi connectivity index (χ0) is 33.5. The SMILES string of the molecule is Nc1nc2c(ncn2C2=C(OP(=O)(O)OCCC3(O[P+](=O)O)COC4C(n5cnc6c(N)ncnc65)C43O)C(O)=C(CO)C2)c(=O)[nH]1.